The van der Waals surface area contributed by atoms with E-state index < -0.39 is 43.1 Å². The monoisotopic (exact) mass is 360 g/mol. The molecule has 6 N–H and O–H groups in total. The van der Waals surface area contributed by atoms with Crippen LogP contribution in [0.25, 0.3) is 0 Å². The van der Waals surface area contributed by atoms with E-state index in [-0.39, 0.29) is 21.4 Å². The van der Waals surface area contributed by atoms with Gasteiger partial charge in [0.15, 0.2) is 6.61 Å². The van der Waals surface area contributed by atoms with Crippen LogP contribution < -0.4 is 15.7 Å². The molecule has 8 nitrogen and oxygen atoms in total. The third kappa shape index (κ3) is 4.47. The topological polar surface area (TPSA) is 148 Å². The number of carbonyl (C=O) groups is 1. The fraction of sp³-hybridized carbons (Fsp3) is 0.300. The Kier molecular flexibility index (Phi) is 5.21. The Labute approximate surface area is 131 Å². The Balaban J connectivity index is 0.00000264. The third-order valence-corrected chi connectivity index (χ3v) is 2.96. The highest BCUT2D eigenvalue weighted by Crippen LogP contribution is 2.29. The zero-order chi connectivity index (χ0) is 16.9. The largest absolute Gasteiger partial charge is 0.483 e. The number of hydrogen-bond acceptors (Lipinski definition) is 6. The van der Waals surface area contributed by atoms with Crippen molar-refractivity contribution >= 4 is 35.4 Å². The van der Waals surface area contributed by atoms with Crippen LogP contribution in [0.5, 0.6) is 5.75 Å². The summed E-state index contributed by atoms with van der Waals surface area (Å²) in [7, 11) is 0. The number of carboxylic acid groups (broad SMARTS) is 1. The van der Waals surface area contributed by atoms with Gasteiger partial charge in [-0.1, -0.05) is 11.6 Å². The van der Waals surface area contributed by atoms with Gasteiger partial charge in [-0.25, -0.2) is 4.79 Å². The molecule has 0 fully saturated rings. The van der Waals surface area contributed by atoms with E-state index in [1.54, 1.807) is 0 Å². The number of carboxylic acids is 1. The molecule has 1 aliphatic heterocycles. The van der Waals surface area contributed by atoms with Crippen LogP contribution in [0.4, 0.5) is 13.2 Å². The van der Waals surface area contributed by atoms with Crippen LogP contribution in [0.3, 0.4) is 0 Å². The number of aliphatic hydroxyl groups is 3. The van der Waals surface area contributed by atoms with Crippen molar-refractivity contribution in [2.24, 2.45) is 0 Å². The fourth-order valence-electron chi connectivity index (χ4n) is 1.89. The highest BCUT2D eigenvalue weighted by Gasteiger charge is 2.51. The number of hydrogen-bond donors (Lipinski definition) is 4. The summed E-state index contributed by atoms with van der Waals surface area (Å²) in [5.74, 6) is -2.28. The highest BCUT2D eigenvalue weighted by molar-refractivity contribution is 7.00. The van der Waals surface area contributed by atoms with E-state index in [2.05, 4.69) is 9.39 Å². The molecule has 0 saturated heterocycles. The molecule has 13 heteroatoms. The van der Waals surface area contributed by atoms with Gasteiger partial charge in [-0.2, -0.15) is 13.2 Å². The van der Waals surface area contributed by atoms with Crippen molar-refractivity contribution in [1.29, 1.82) is 0 Å². The first-order chi connectivity index (χ1) is 9.91. The van der Waals surface area contributed by atoms with Gasteiger partial charge in [0.2, 0.25) is 0 Å². The molecule has 1 heterocycles. The first-order valence-electron chi connectivity index (χ1n) is 5.55. The molecular weight excluding hydrogens is 351 g/mol. The summed E-state index contributed by atoms with van der Waals surface area (Å²) in [5.41, 5.74) is -0.878. The van der Waals surface area contributed by atoms with Gasteiger partial charge in [0.1, 0.15) is 5.75 Å². The summed E-state index contributed by atoms with van der Waals surface area (Å²) in [6.45, 7) is -3.13. The van der Waals surface area contributed by atoms with Crippen molar-refractivity contribution in [2.75, 3.05) is 6.61 Å². The molecule has 1 aromatic rings. The molecule has 0 amide bonds. The lowest BCUT2D eigenvalue weighted by Crippen LogP contribution is -2.37. The van der Waals surface area contributed by atoms with Gasteiger partial charge in [0.05, 0.1) is 5.56 Å². The highest BCUT2D eigenvalue weighted by atomic mass is 35.5. The van der Waals surface area contributed by atoms with Crippen molar-refractivity contribution in [2.45, 2.75) is 12.3 Å². The fourth-order valence-corrected chi connectivity index (χ4v) is 2.19. The molecule has 128 valence electrons. The van der Waals surface area contributed by atoms with Crippen LogP contribution in [0.1, 0.15) is 10.4 Å². The van der Waals surface area contributed by atoms with E-state index in [1.807, 2.05) is 0 Å². The van der Waals surface area contributed by atoms with Crippen LogP contribution in [-0.2, 0) is 4.65 Å². The SMILES string of the molecule is O.O=C(O)c1c(OCC(F)(F)F)cc(Cl)c2c1B2OC(O)(O)O. The summed E-state index contributed by atoms with van der Waals surface area (Å²) in [4.78, 5) is 11.2. The zero-order valence-electron chi connectivity index (χ0n) is 10.9. The summed E-state index contributed by atoms with van der Waals surface area (Å²) < 4.78 is 45.2. The Hall–Kier alpha value is -1.57. The van der Waals surface area contributed by atoms with Crippen LogP contribution in [0, 0.1) is 0 Å². The minimum absolute atomic E-state index is 0. The Bertz CT molecular complexity index is 626. The van der Waals surface area contributed by atoms with E-state index in [0.717, 1.165) is 6.07 Å². The molecule has 2 rings (SSSR count). The van der Waals surface area contributed by atoms with Gasteiger partial charge in [0, 0.05) is 5.02 Å². The molecular formula is C10H9BClF3O8. The Morgan fingerprint density at radius 3 is 2.26 bits per heavy atom. The quantitative estimate of drug-likeness (QED) is 0.357. The van der Waals surface area contributed by atoms with Crippen LogP contribution in [0.2, 0.25) is 5.02 Å². The maximum atomic E-state index is 12.2. The number of ether oxygens (including phenoxy) is 1. The number of aromatic carboxylic acids is 1. The van der Waals surface area contributed by atoms with E-state index in [9.17, 15) is 18.0 Å². The molecule has 23 heavy (non-hydrogen) atoms. The third-order valence-electron chi connectivity index (χ3n) is 2.64. The number of alkyl halides is 3. The molecule has 0 radical (unpaired) electrons. The maximum Gasteiger partial charge on any atom is 0.422 e. The lowest BCUT2D eigenvalue weighted by atomic mass is 9.85. The van der Waals surface area contributed by atoms with E-state index >= 15 is 0 Å². The summed E-state index contributed by atoms with van der Waals surface area (Å²) in [5, 5.41) is 35.0. The second-order valence-electron chi connectivity index (χ2n) is 4.34. The van der Waals surface area contributed by atoms with Crippen LogP contribution >= 0.6 is 11.6 Å². The van der Waals surface area contributed by atoms with Gasteiger partial charge in [-0.05, 0) is 17.0 Å². The zero-order valence-corrected chi connectivity index (χ0v) is 11.6. The predicted octanol–water partition coefficient (Wildman–Crippen LogP) is -1.82. The molecule has 0 aliphatic carbocycles. The van der Waals surface area contributed by atoms with Crippen molar-refractivity contribution in [3.63, 3.8) is 0 Å². The van der Waals surface area contributed by atoms with Gasteiger partial charge >= 0.3 is 25.2 Å². The standard InChI is InChI=1S/C10H7BClF3O7.H2O/c12-3-1-4(21-2-9(13,14)15)5(8(16)17)7-6(3)11(7)22-10(18,19)20;/h1,18-20H,2H2,(H,16,17);1H2. The number of benzene rings is 1. The average molecular weight is 360 g/mol. The Morgan fingerprint density at radius 1 is 1.26 bits per heavy atom. The lowest BCUT2D eigenvalue weighted by molar-refractivity contribution is -0.421. The minimum atomic E-state index is -4.69. The molecule has 0 aromatic heterocycles. The van der Waals surface area contributed by atoms with Gasteiger partial charge in [-0.3, -0.25) is 0 Å². The van der Waals surface area contributed by atoms with Crippen molar-refractivity contribution in [3.8, 4) is 5.75 Å². The molecule has 1 aliphatic rings. The second-order valence-corrected chi connectivity index (χ2v) is 4.75. The minimum Gasteiger partial charge on any atom is -0.483 e. The molecule has 0 saturated carbocycles. The molecule has 1 aromatic carbocycles. The van der Waals surface area contributed by atoms with Gasteiger partial charge in [0.25, 0.3) is 0 Å². The van der Waals surface area contributed by atoms with Crippen LogP contribution in [0.15, 0.2) is 6.07 Å². The smallest absolute Gasteiger partial charge is 0.422 e. The number of halogens is 4. The summed E-state index contributed by atoms with van der Waals surface area (Å²) in [6, 6.07) is 0.840. The number of fused-ring (bicyclic) bond motifs is 1. The van der Waals surface area contributed by atoms with Crippen LogP contribution in [-0.4, -0.2) is 57.7 Å². The van der Waals surface area contributed by atoms with Gasteiger partial charge in [-0.15, -0.1) is 0 Å². The van der Waals surface area contributed by atoms with Crippen molar-refractivity contribution < 1.29 is 53.3 Å². The summed E-state index contributed by atoms with van der Waals surface area (Å²) in [6.07, 6.45) is -8.25. The average Bonchev–Trinajstić information content (AvgIpc) is 2.97. The first kappa shape index (κ1) is 19.5. The van der Waals surface area contributed by atoms with E-state index in [0.29, 0.717) is 0 Å². The number of rotatable bonds is 5. The normalized spacial score (nSPS) is 13.3. The molecule has 0 atom stereocenters. The molecule has 0 unspecified atom stereocenters. The summed E-state index contributed by atoms with van der Waals surface area (Å²) >= 11 is 5.74. The van der Waals surface area contributed by atoms with Gasteiger partial charge < -0.3 is 35.3 Å². The Morgan fingerprint density at radius 2 is 1.83 bits per heavy atom. The second kappa shape index (κ2) is 6.15. The van der Waals surface area contributed by atoms with E-state index in [1.165, 1.54) is 0 Å². The lowest BCUT2D eigenvalue weighted by Gasteiger charge is -2.13. The van der Waals surface area contributed by atoms with Crippen molar-refractivity contribution in [3.05, 3.63) is 16.7 Å². The molecule has 0 bridgehead atoms. The van der Waals surface area contributed by atoms with Crippen molar-refractivity contribution in [1.82, 2.24) is 0 Å². The first-order valence-corrected chi connectivity index (χ1v) is 5.92. The predicted molar refractivity (Wildman–Crippen MR) is 69.1 cm³/mol. The molecule has 0 spiro atoms. The van der Waals surface area contributed by atoms with E-state index in [4.69, 9.17) is 32.0 Å². The maximum absolute atomic E-state index is 12.2.